The Labute approximate surface area is 620 Å². The van der Waals surface area contributed by atoms with Crippen LogP contribution in [0.15, 0.2) is 419 Å². The first kappa shape index (κ1) is 80.1. The van der Waals surface area contributed by atoms with E-state index in [4.69, 9.17) is 10.0 Å². The van der Waals surface area contributed by atoms with Gasteiger partial charge in [0.05, 0.1) is 0 Å². The Balaban J connectivity index is 0.000000190. The Kier molecular flexibility index (Phi) is 37.2. The van der Waals surface area contributed by atoms with Gasteiger partial charge in [-0.3, -0.25) is 0 Å². The van der Waals surface area contributed by atoms with Crippen molar-refractivity contribution in [2.24, 2.45) is 0 Å². The molecule has 2 aromatic heterocycles. The van der Waals surface area contributed by atoms with Gasteiger partial charge in [0, 0.05) is 56.2 Å². The summed E-state index contributed by atoms with van der Waals surface area (Å²) < 4.78 is 0.979. The molecule has 0 saturated carbocycles. The molecular weight excluding hydrogens is 1450 g/mol. The van der Waals surface area contributed by atoms with Crippen molar-refractivity contribution in [2.45, 2.75) is 21.3 Å². The molecule has 6 nitrogen and oxygen atoms in total. The normalized spacial score (nSPS) is 9.93. The topological polar surface area (TPSA) is 92.0 Å². The van der Waals surface area contributed by atoms with Crippen LogP contribution in [0.4, 0.5) is 0 Å². The van der Waals surface area contributed by atoms with E-state index in [9.17, 15) is 0 Å². The number of hydrogen-bond acceptors (Lipinski definition) is 6. The van der Waals surface area contributed by atoms with Crippen LogP contribution in [0.1, 0.15) is 26.8 Å². The fourth-order valence-corrected chi connectivity index (χ4v) is 18.9. The Morgan fingerprint density at radius 3 is 0.510 bits per heavy atom. The second-order valence-corrected chi connectivity index (χ2v) is 31.7. The predicted octanol–water partition coefficient (Wildman–Crippen LogP) is 16.0. The molecule has 2 heterocycles. The third-order valence-corrected chi connectivity index (χ3v) is 23.9. The molecule has 0 saturated heterocycles. The van der Waals surface area contributed by atoms with E-state index >= 15 is 0 Å². The van der Waals surface area contributed by atoms with Gasteiger partial charge in [0.2, 0.25) is 0 Å². The molecule has 14 aromatic rings. The fraction of sp³-hybridized carbons (Fsp3) is 0.0345. The van der Waals surface area contributed by atoms with Crippen molar-refractivity contribution in [3.63, 3.8) is 0 Å². The molecule has 2 N–H and O–H groups in total. The zero-order valence-electron chi connectivity index (χ0n) is 55.3. The van der Waals surface area contributed by atoms with Gasteiger partial charge >= 0.3 is 7.12 Å². The minimum atomic E-state index is -1.47. The van der Waals surface area contributed by atoms with E-state index in [0.717, 1.165) is 15.6 Å². The first-order valence-corrected chi connectivity index (χ1v) is 37.9. The molecular formula is C87H82BBrN4O2P4Pd. The van der Waals surface area contributed by atoms with Gasteiger partial charge in [-0.05, 0) is 119 Å². The fourth-order valence-electron chi connectivity index (χ4n) is 9.68. The van der Waals surface area contributed by atoms with E-state index in [-0.39, 0.29) is 27.8 Å². The SMILES string of the molecule is C.C=C(C)Br.C=C(C)c1cncnc1.OB(O)c1cncnc1.[Pd].c1ccc(P(c2ccccc2)c2ccccc2)cc1.c1ccc(P(c2ccccc2)c2ccccc2)cc1.c1ccc(P(c2ccccc2)c2ccccc2)cc1.c1ccc(P(c2ccccc2)c2ccccc2)cc1. The third-order valence-electron chi connectivity index (χ3n) is 14.1. The van der Waals surface area contributed by atoms with E-state index in [1.54, 1.807) is 12.4 Å². The van der Waals surface area contributed by atoms with Crippen LogP contribution in [0.5, 0.6) is 0 Å². The van der Waals surface area contributed by atoms with Gasteiger partial charge in [-0.25, -0.2) is 19.9 Å². The summed E-state index contributed by atoms with van der Waals surface area (Å²) in [7, 11) is -3.25. The molecule has 100 heavy (non-hydrogen) atoms. The molecule has 0 bridgehead atoms. The van der Waals surface area contributed by atoms with E-state index in [1.165, 1.54) is 88.7 Å². The van der Waals surface area contributed by atoms with Crippen molar-refractivity contribution in [1.29, 1.82) is 0 Å². The summed E-state index contributed by atoms with van der Waals surface area (Å²) in [6, 6.07) is 129. The molecule has 0 spiro atoms. The average Bonchev–Trinajstić information content (AvgIpc) is 0.852. The van der Waals surface area contributed by atoms with Crippen molar-refractivity contribution in [2.75, 3.05) is 0 Å². The molecule has 0 fully saturated rings. The quantitative estimate of drug-likeness (QED) is 0.0833. The maximum atomic E-state index is 8.50. The standard InChI is InChI=1S/4C18H15P.C7H8N2.C4H5BN2O2.C3H5Br.CH4.Pd/c4*1-4-10-16(11-5-1)19(17-12-6-2-7-13-17)18-14-8-3-9-15-18;1-6(2)7-3-8-5-9-4-7;8-5(9)4-1-6-3-7-2-4;1-3(2)4;;/h4*1-15H;3-5H,1H2,2H3;1-3,8-9H;1H2,2H3;1H4;. The largest absolute Gasteiger partial charge is 0.491 e. The number of halogens is 1. The number of allylic oxidation sites excluding steroid dienone is 2. The molecule has 0 radical (unpaired) electrons. The number of aromatic nitrogens is 4. The average molecular weight is 1540 g/mol. The van der Waals surface area contributed by atoms with Crippen LogP contribution >= 0.6 is 47.6 Å². The van der Waals surface area contributed by atoms with Crippen LogP contribution in [0.2, 0.25) is 0 Å². The van der Waals surface area contributed by atoms with Crippen LogP contribution < -0.4 is 69.1 Å². The minimum absolute atomic E-state index is 0. The minimum Gasteiger partial charge on any atom is -0.423 e. The van der Waals surface area contributed by atoms with Gasteiger partial charge in [0.25, 0.3) is 0 Å². The summed E-state index contributed by atoms with van der Waals surface area (Å²) in [5, 5.41) is 33.8. The van der Waals surface area contributed by atoms with Crippen LogP contribution in [-0.2, 0) is 20.4 Å². The van der Waals surface area contributed by atoms with Gasteiger partial charge in [-0.1, -0.05) is 400 Å². The molecule has 0 aliphatic carbocycles. The predicted molar refractivity (Wildman–Crippen MR) is 440 cm³/mol. The van der Waals surface area contributed by atoms with Crippen LogP contribution in [-0.4, -0.2) is 37.1 Å². The smallest absolute Gasteiger partial charge is 0.423 e. The van der Waals surface area contributed by atoms with Crippen LogP contribution in [0, 0.1) is 0 Å². The van der Waals surface area contributed by atoms with Crippen molar-refractivity contribution in [3.05, 3.63) is 425 Å². The van der Waals surface area contributed by atoms with Crippen molar-refractivity contribution >= 4 is 129 Å². The van der Waals surface area contributed by atoms with Crippen molar-refractivity contribution in [3.8, 4) is 0 Å². The van der Waals surface area contributed by atoms with Gasteiger partial charge in [0.15, 0.2) is 0 Å². The van der Waals surface area contributed by atoms with Gasteiger partial charge < -0.3 is 10.0 Å². The zero-order valence-corrected chi connectivity index (χ0v) is 62.0. The molecule has 0 atom stereocenters. The summed E-state index contributed by atoms with van der Waals surface area (Å²) in [6.07, 6.45) is 9.01. The Hall–Kier alpha value is -8.87. The molecule has 0 unspecified atom stereocenters. The van der Waals surface area contributed by atoms with Gasteiger partial charge in [0.1, 0.15) is 12.7 Å². The van der Waals surface area contributed by atoms with E-state index < -0.39 is 38.8 Å². The maximum absolute atomic E-state index is 8.50. The second kappa shape index (κ2) is 46.5. The molecule has 14 rings (SSSR count). The van der Waals surface area contributed by atoms with Gasteiger partial charge in [-0.2, -0.15) is 0 Å². The summed E-state index contributed by atoms with van der Waals surface area (Å²) in [5.74, 6) is 0. The Morgan fingerprint density at radius 2 is 0.410 bits per heavy atom. The second-order valence-electron chi connectivity index (χ2n) is 21.5. The Morgan fingerprint density at radius 1 is 0.280 bits per heavy atom. The van der Waals surface area contributed by atoms with Crippen LogP contribution in [0.3, 0.4) is 0 Å². The summed E-state index contributed by atoms with van der Waals surface area (Å²) in [6.45, 7) is 11.0. The number of benzene rings is 12. The third kappa shape index (κ3) is 27.3. The Bertz CT molecular complexity index is 3560. The molecule has 502 valence electrons. The molecule has 0 aliphatic rings. The van der Waals surface area contributed by atoms with E-state index in [0.29, 0.717) is 5.46 Å². The van der Waals surface area contributed by atoms with E-state index in [1.807, 2.05) is 13.8 Å². The summed E-state index contributed by atoms with van der Waals surface area (Å²) >= 11 is 3.08. The molecule has 12 aromatic carbocycles. The zero-order chi connectivity index (χ0) is 68.6. The van der Waals surface area contributed by atoms with Gasteiger partial charge in [-0.15, -0.1) is 0 Å². The van der Waals surface area contributed by atoms with Crippen LogP contribution in [0.25, 0.3) is 5.57 Å². The summed E-state index contributed by atoms with van der Waals surface area (Å²) in [4.78, 5) is 14.8. The molecule has 0 aliphatic heterocycles. The summed E-state index contributed by atoms with van der Waals surface area (Å²) in [5.41, 5.74) is 2.30. The first-order valence-electron chi connectivity index (χ1n) is 31.8. The van der Waals surface area contributed by atoms with Crippen molar-refractivity contribution in [1.82, 2.24) is 19.9 Å². The first-order chi connectivity index (χ1) is 48.1. The molecule has 0 amide bonds. The molecule has 13 heteroatoms. The number of hydrogen-bond donors (Lipinski definition) is 2. The number of rotatable bonds is 14. The monoisotopic (exact) mass is 1530 g/mol. The van der Waals surface area contributed by atoms with Crippen molar-refractivity contribution < 1.29 is 30.5 Å². The maximum Gasteiger partial charge on any atom is 0.491 e. The number of nitrogens with zero attached hydrogens (tertiary/aromatic N) is 4. The van der Waals surface area contributed by atoms with E-state index in [2.05, 4.69) is 413 Å².